The molecule has 108 valence electrons. The fourth-order valence-electron chi connectivity index (χ4n) is 2.53. The molecule has 0 atom stereocenters. The van der Waals surface area contributed by atoms with Crippen LogP contribution in [0.15, 0.2) is 42.5 Å². The van der Waals surface area contributed by atoms with Crippen molar-refractivity contribution in [1.82, 2.24) is 5.32 Å². The van der Waals surface area contributed by atoms with Gasteiger partial charge in [-0.15, -0.1) is 0 Å². The zero-order valence-electron chi connectivity index (χ0n) is 11.6. The molecule has 1 aliphatic rings. The number of hydrogen-bond donors (Lipinski definition) is 1. The molecule has 0 aliphatic carbocycles. The van der Waals surface area contributed by atoms with Crippen LogP contribution in [0.2, 0.25) is 0 Å². The van der Waals surface area contributed by atoms with Crippen LogP contribution in [0.5, 0.6) is 5.75 Å². The summed E-state index contributed by atoms with van der Waals surface area (Å²) in [7, 11) is 1.62. The van der Waals surface area contributed by atoms with Crippen LogP contribution in [0.1, 0.15) is 16.7 Å². The van der Waals surface area contributed by atoms with E-state index in [-0.39, 0.29) is 0 Å². The molecule has 0 bridgehead atoms. The zero-order valence-corrected chi connectivity index (χ0v) is 11.6. The number of halogens is 2. The summed E-state index contributed by atoms with van der Waals surface area (Å²) >= 11 is 0. The third kappa shape index (κ3) is 2.67. The second-order valence-electron chi connectivity index (χ2n) is 4.90. The molecule has 4 heteroatoms. The number of fused-ring (bicyclic) bond motifs is 1. The summed E-state index contributed by atoms with van der Waals surface area (Å²) in [6.07, 6.45) is 1.99. The maximum atomic E-state index is 13.5. The molecular weight excluding hydrogens is 272 g/mol. The van der Waals surface area contributed by atoms with Gasteiger partial charge in [0, 0.05) is 13.1 Å². The van der Waals surface area contributed by atoms with Crippen LogP contribution >= 0.6 is 0 Å². The van der Waals surface area contributed by atoms with E-state index in [2.05, 4.69) is 5.32 Å². The molecule has 2 nitrogen and oxygen atoms in total. The SMILES string of the molecule is COc1ccc2c(c1)CNCC=C2c1ccc(F)c(F)c1. The van der Waals surface area contributed by atoms with Gasteiger partial charge in [-0.2, -0.15) is 0 Å². The molecule has 3 rings (SSSR count). The smallest absolute Gasteiger partial charge is 0.159 e. The monoisotopic (exact) mass is 287 g/mol. The Hall–Kier alpha value is -2.20. The Morgan fingerprint density at radius 1 is 1.05 bits per heavy atom. The molecule has 0 radical (unpaired) electrons. The van der Waals surface area contributed by atoms with Gasteiger partial charge in [-0.3, -0.25) is 0 Å². The standard InChI is InChI=1S/C17H15F2NO/c1-21-13-3-4-14-12(8-13)10-20-7-6-15(14)11-2-5-16(18)17(19)9-11/h2-6,8-9,20H,7,10H2,1H3. The molecule has 0 saturated heterocycles. The summed E-state index contributed by atoms with van der Waals surface area (Å²) in [4.78, 5) is 0. The Balaban J connectivity index is 2.11. The Morgan fingerprint density at radius 2 is 1.90 bits per heavy atom. The van der Waals surface area contributed by atoms with Crippen molar-refractivity contribution < 1.29 is 13.5 Å². The Morgan fingerprint density at radius 3 is 2.67 bits per heavy atom. The molecular formula is C17H15F2NO. The zero-order chi connectivity index (χ0) is 14.8. The van der Waals surface area contributed by atoms with E-state index in [1.54, 1.807) is 13.2 Å². The molecule has 1 aliphatic heterocycles. The predicted molar refractivity (Wildman–Crippen MR) is 78.1 cm³/mol. The van der Waals surface area contributed by atoms with Gasteiger partial charge in [0.05, 0.1) is 7.11 Å². The van der Waals surface area contributed by atoms with Gasteiger partial charge in [0.1, 0.15) is 5.75 Å². The molecule has 0 amide bonds. The Kier molecular flexibility index (Phi) is 3.71. The minimum Gasteiger partial charge on any atom is -0.497 e. The normalized spacial score (nSPS) is 14.1. The van der Waals surface area contributed by atoms with Crippen molar-refractivity contribution >= 4 is 5.57 Å². The first-order chi connectivity index (χ1) is 10.2. The van der Waals surface area contributed by atoms with E-state index in [1.807, 2.05) is 24.3 Å². The molecule has 0 fully saturated rings. The van der Waals surface area contributed by atoms with Crippen LogP contribution in [-0.4, -0.2) is 13.7 Å². The molecule has 0 unspecified atom stereocenters. The first-order valence-corrected chi connectivity index (χ1v) is 6.72. The minimum absolute atomic E-state index is 0.670. The highest BCUT2D eigenvalue weighted by Gasteiger charge is 2.15. The molecule has 1 heterocycles. The van der Waals surface area contributed by atoms with Crippen LogP contribution in [0.4, 0.5) is 8.78 Å². The topological polar surface area (TPSA) is 21.3 Å². The maximum Gasteiger partial charge on any atom is 0.159 e. The minimum atomic E-state index is -0.833. The highest BCUT2D eigenvalue weighted by atomic mass is 19.2. The maximum absolute atomic E-state index is 13.5. The van der Waals surface area contributed by atoms with Crippen molar-refractivity contribution in [3.8, 4) is 5.75 Å². The van der Waals surface area contributed by atoms with Gasteiger partial charge in [0.2, 0.25) is 0 Å². The number of methoxy groups -OCH3 is 1. The number of benzene rings is 2. The average molecular weight is 287 g/mol. The van der Waals surface area contributed by atoms with E-state index in [1.165, 1.54) is 6.07 Å². The van der Waals surface area contributed by atoms with E-state index in [4.69, 9.17) is 4.74 Å². The van der Waals surface area contributed by atoms with Crippen molar-refractivity contribution in [2.75, 3.05) is 13.7 Å². The van der Waals surface area contributed by atoms with E-state index in [9.17, 15) is 8.78 Å². The molecule has 0 spiro atoms. The van der Waals surface area contributed by atoms with E-state index < -0.39 is 11.6 Å². The molecule has 21 heavy (non-hydrogen) atoms. The van der Waals surface area contributed by atoms with Gasteiger partial charge in [0.25, 0.3) is 0 Å². The summed E-state index contributed by atoms with van der Waals surface area (Å²) in [5, 5.41) is 3.28. The number of ether oxygens (including phenoxy) is 1. The fraction of sp³-hybridized carbons (Fsp3) is 0.176. The lowest BCUT2D eigenvalue weighted by Gasteiger charge is -2.13. The molecule has 0 aromatic heterocycles. The average Bonchev–Trinajstić information content (AvgIpc) is 2.71. The summed E-state index contributed by atoms with van der Waals surface area (Å²) in [5.41, 5.74) is 3.65. The van der Waals surface area contributed by atoms with Gasteiger partial charge in [-0.05, 0) is 46.5 Å². The first kappa shape index (κ1) is 13.8. The van der Waals surface area contributed by atoms with E-state index in [0.717, 1.165) is 28.5 Å². The lowest BCUT2D eigenvalue weighted by molar-refractivity contribution is 0.414. The van der Waals surface area contributed by atoms with Crippen LogP contribution in [-0.2, 0) is 6.54 Å². The summed E-state index contributed by atoms with van der Waals surface area (Å²) in [6, 6.07) is 9.78. The second kappa shape index (κ2) is 5.66. The lowest BCUT2D eigenvalue weighted by atomic mass is 9.94. The predicted octanol–water partition coefficient (Wildman–Crippen LogP) is 3.51. The Bertz CT molecular complexity index is 710. The van der Waals surface area contributed by atoms with Crippen molar-refractivity contribution in [3.63, 3.8) is 0 Å². The lowest BCUT2D eigenvalue weighted by Crippen LogP contribution is -2.11. The molecule has 0 saturated carbocycles. The van der Waals surface area contributed by atoms with Crippen LogP contribution in [0, 0.1) is 11.6 Å². The van der Waals surface area contributed by atoms with Crippen molar-refractivity contribution in [3.05, 3.63) is 70.8 Å². The van der Waals surface area contributed by atoms with Crippen LogP contribution < -0.4 is 10.1 Å². The molecule has 2 aromatic carbocycles. The largest absolute Gasteiger partial charge is 0.497 e. The fourth-order valence-corrected chi connectivity index (χ4v) is 2.53. The number of rotatable bonds is 2. The first-order valence-electron chi connectivity index (χ1n) is 6.72. The summed E-state index contributed by atoms with van der Waals surface area (Å²) in [5.74, 6) is -0.885. The van der Waals surface area contributed by atoms with E-state index in [0.29, 0.717) is 18.7 Å². The highest BCUT2D eigenvalue weighted by molar-refractivity contribution is 5.82. The van der Waals surface area contributed by atoms with Crippen molar-refractivity contribution in [1.29, 1.82) is 0 Å². The number of nitrogens with one attached hydrogen (secondary N) is 1. The quantitative estimate of drug-likeness (QED) is 0.912. The third-order valence-corrected chi connectivity index (χ3v) is 3.60. The molecule has 1 N–H and O–H groups in total. The second-order valence-corrected chi connectivity index (χ2v) is 4.90. The number of hydrogen-bond acceptors (Lipinski definition) is 2. The van der Waals surface area contributed by atoms with Crippen LogP contribution in [0.3, 0.4) is 0 Å². The van der Waals surface area contributed by atoms with E-state index >= 15 is 0 Å². The van der Waals surface area contributed by atoms with Gasteiger partial charge in [-0.25, -0.2) is 8.78 Å². The molecule has 2 aromatic rings. The van der Waals surface area contributed by atoms with Crippen molar-refractivity contribution in [2.24, 2.45) is 0 Å². The van der Waals surface area contributed by atoms with Crippen molar-refractivity contribution in [2.45, 2.75) is 6.54 Å². The Labute approximate surface area is 122 Å². The van der Waals surface area contributed by atoms with Gasteiger partial charge in [-0.1, -0.05) is 18.2 Å². The summed E-state index contributed by atoms with van der Waals surface area (Å²) in [6.45, 7) is 1.38. The highest BCUT2D eigenvalue weighted by Crippen LogP contribution is 2.31. The van der Waals surface area contributed by atoms with Gasteiger partial charge >= 0.3 is 0 Å². The van der Waals surface area contributed by atoms with Gasteiger partial charge in [0.15, 0.2) is 11.6 Å². The third-order valence-electron chi connectivity index (χ3n) is 3.60. The summed E-state index contributed by atoms with van der Waals surface area (Å²) < 4.78 is 31.9. The van der Waals surface area contributed by atoms with Gasteiger partial charge < -0.3 is 10.1 Å². The van der Waals surface area contributed by atoms with Crippen LogP contribution in [0.25, 0.3) is 5.57 Å².